The number of nitrogens with one attached hydrogen (secondary N) is 1. The third-order valence-electron chi connectivity index (χ3n) is 7.32. The third-order valence-corrected chi connectivity index (χ3v) is 8.79. The maximum absolute atomic E-state index is 12.6. The Bertz CT molecular complexity index is 923. The van der Waals surface area contributed by atoms with Gasteiger partial charge in [0.15, 0.2) is 0 Å². The van der Waals surface area contributed by atoms with Gasteiger partial charge in [-0.2, -0.15) is 16.7 Å². The van der Waals surface area contributed by atoms with Gasteiger partial charge >= 0.3 is 0 Å². The molecule has 0 atom stereocenters. The number of piperidine rings is 1. The van der Waals surface area contributed by atoms with Crippen molar-refractivity contribution in [2.24, 2.45) is 5.92 Å². The standard InChI is InChI=1S/C28H42N4O2S/c1-28(2,3)23-12-10-21(11-13-23)26-30-25(34-31-26)20-32-17-14-22(15-18-32)27(33)29-16-7-19-35-24-8-5-4-6-9-24/h10-13,22,24H,4-9,14-20H2,1-3H3,(H,29,33). The van der Waals surface area contributed by atoms with Crippen LogP contribution in [0.4, 0.5) is 0 Å². The minimum absolute atomic E-state index is 0.122. The lowest BCUT2D eigenvalue weighted by molar-refractivity contribution is -0.126. The highest BCUT2D eigenvalue weighted by atomic mass is 32.2. The summed E-state index contributed by atoms with van der Waals surface area (Å²) in [6, 6.07) is 8.40. The summed E-state index contributed by atoms with van der Waals surface area (Å²) in [5.41, 5.74) is 2.38. The highest BCUT2D eigenvalue weighted by molar-refractivity contribution is 7.99. The van der Waals surface area contributed by atoms with E-state index in [0.29, 0.717) is 18.3 Å². The fourth-order valence-corrected chi connectivity index (χ4v) is 6.32. The Morgan fingerprint density at radius 3 is 2.49 bits per heavy atom. The lowest BCUT2D eigenvalue weighted by atomic mass is 9.87. The highest BCUT2D eigenvalue weighted by Crippen LogP contribution is 2.28. The van der Waals surface area contributed by atoms with Crippen LogP contribution in [0.5, 0.6) is 0 Å². The summed E-state index contributed by atoms with van der Waals surface area (Å²) in [5.74, 6) is 2.79. The van der Waals surface area contributed by atoms with E-state index in [2.05, 4.69) is 77.2 Å². The van der Waals surface area contributed by atoms with Gasteiger partial charge in [-0.1, -0.05) is 69.5 Å². The van der Waals surface area contributed by atoms with Crippen molar-refractivity contribution >= 4 is 17.7 Å². The number of amides is 1. The number of aromatic nitrogens is 2. The van der Waals surface area contributed by atoms with Crippen molar-refractivity contribution in [3.05, 3.63) is 35.7 Å². The molecule has 1 aromatic heterocycles. The molecule has 7 heteroatoms. The molecule has 2 heterocycles. The maximum Gasteiger partial charge on any atom is 0.241 e. The van der Waals surface area contributed by atoms with Gasteiger partial charge in [0, 0.05) is 23.3 Å². The number of nitrogens with zero attached hydrogens (tertiary/aromatic N) is 3. The molecule has 1 aliphatic heterocycles. The predicted molar refractivity (Wildman–Crippen MR) is 143 cm³/mol. The number of benzene rings is 1. The van der Waals surface area contributed by atoms with Crippen LogP contribution >= 0.6 is 11.8 Å². The number of carbonyl (C=O) groups is 1. The number of carbonyl (C=O) groups excluding carboxylic acids is 1. The number of hydrogen-bond donors (Lipinski definition) is 1. The molecular weight excluding hydrogens is 456 g/mol. The molecule has 1 N–H and O–H groups in total. The number of hydrogen-bond acceptors (Lipinski definition) is 6. The van der Waals surface area contributed by atoms with Crippen molar-refractivity contribution in [1.82, 2.24) is 20.4 Å². The predicted octanol–water partition coefficient (Wildman–Crippen LogP) is 5.82. The molecule has 2 fully saturated rings. The van der Waals surface area contributed by atoms with Crippen LogP contribution in [0.2, 0.25) is 0 Å². The van der Waals surface area contributed by atoms with Crippen molar-refractivity contribution in [3.63, 3.8) is 0 Å². The molecule has 0 bridgehead atoms. The Morgan fingerprint density at radius 1 is 1.09 bits per heavy atom. The maximum atomic E-state index is 12.6. The molecule has 35 heavy (non-hydrogen) atoms. The highest BCUT2D eigenvalue weighted by Gasteiger charge is 2.26. The van der Waals surface area contributed by atoms with E-state index in [-0.39, 0.29) is 17.2 Å². The second-order valence-electron chi connectivity index (χ2n) is 11.2. The van der Waals surface area contributed by atoms with Gasteiger partial charge in [0.2, 0.25) is 17.6 Å². The fourth-order valence-electron chi connectivity index (χ4n) is 5.01. The first-order valence-corrected chi connectivity index (χ1v) is 14.5. The molecule has 2 aliphatic rings. The van der Waals surface area contributed by atoms with E-state index in [1.807, 2.05) is 0 Å². The largest absolute Gasteiger partial charge is 0.356 e. The molecule has 1 aromatic carbocycles. The second-order valence-corrected chi connectivity index (χ2v) is 12.6. The Kier molecular flexibility index (Phi) is 9.28. The molecule has 1 aliphatic carbocycles. The average Bonchev–Trinajstić information content (AvgIpc) is 3.33. The minimum atomic E-state index is 0.122. The summed E-state index contributed by atoms with van der Waals surface area (Å²) in [7, 11) is 0. The van der Waals surface area contributed by atoms with Crippen molar-refractivity contribution in [2.75, 3.05) is 25.4 Å². The van der Waals surface area contributed by atoms with Gasteiger partial charge in [0.1, 0.15) is 0 Å². The Morgan fingerprint density at radius 2 is 1.80 bits per heavy atom. The summed E-state index contributed by atoms with van der Waals surface area (Å²) in [5, 5.41) is 8.22. The third kappa shape index (κ3) is 7.81. The summed E-state index contributed by atoms with van der Waals surface area (Å²) < 4.78 is 5.53. The molecule has 0 radical (unpaired) electrons. The van der Waals surface area contributed by atoms with Gasteiger partial charge in [-0.25, -0.2) is 0 Å². The van der Waals surface area contributed by atoms with Crippen LogP contribution in [0, 0.1) is 5.92 Å². The van der Waals surface area contributed by atoms with Crippen molar-refractivity contribution in [1.29, 1.82) is 0 Å². The van der Waals surface area contributed by atoms with E-state index < -0.39 is 0 Å². The lowest BCUT2D eigenvalue weighted by Crippen LogP contribution is -2.40. The van der Waals surface area contributed by atoms with Gasteiger partial charge in [-0.05, 0) is 61.9 Å². The van der Waals surface area contributed by atoms with E-state index in [1.165, 1.54) is 37.7 Å². The van der Waals surface area contributed by atoms with Gasteiger partial charge in [0.25, 0.3) is 0 Å². The molecule has 2 aromatic rings. The monoisotopic (exact) mass is 498 g/mol. The summed E-state index contributed by atoms with van der Waals surface area (Å²) in [6.45, 7) is 9.83. The summed E-state index contributed by atoms with van der Waals surface area (Å²) >= 11 is 2.11. The Labute approximate surface area is 215 Å². The normalized spacial score (nSPS) is 18.6. The molecule has 0 unspecified atom stereocenters. The first-order chi connectivity index (χ1) is 16.9. The van der Waals surface area contributed by atoms with Crippen LogP contribution in [-0.2, 0) is 16.8 Å². The van der Waals surface area contributed by atoms with Crippen molar-refractivity contribution in [3.8, 4) is 11.4 Å². The topological polar surface area (TPSA) is 71.3 Å². The van der Waals surface area contributed by atoms with Crippen LogP contribution in [0.1, 0.15) is 83.6 Å². The zero-order chi connectivity index (χ0) is 24.7. The van der Waals surface area contributed by atoms with Gasteiger partial charge < -0.3 is 9.84 Å². The molecule has 4 rings (SSSR count). The minimum Gasteiger partial charge on any atom is -0.356 e. The van der Waals surface area contributed by atoms with E-state index in [9.17, 15) is 4.79 Å². The first-order valence-electron chi connectivity index (χ1n) is 13.4. The van der Waals surface area contributed by atoms with Crippen molar-refractivity contribution < 1.29 is 9.32 Å². The van der Waals surface area contributed by atoms with E-state index >= 15 is 0 Å². The quantitative estimate of drug-likeness (QED) is 0.439. The summed E-state index contributed by atoms with van der Waals surface area (Å²) in [4.78, 5) is 19.5. The van der Waals surface area contributed by atoms with Crippen molar-refractivity contribution in [2.45, 2.75) is 89.3 Å². The first kappa shape index (κ1) is 26.2. The molecule has 6 nitrogen and oxygen atoms in total. The molecule has 192 valence electrons. The van der Waals surface area contributed by atoms with Gasteiger partial charge in [-0.3, -0.25) is 9.69 Å². The van der Waals surface area contributed by atoms with Gasteiger partial charge in [0.05, 0.1) is 6.54 Å². The molecule has 1 amide bonds. The van der Waals surface area contributed by atoms with Crippen LogP contribution in [0.15, 0.2) is 28.8 Å². The smallest absolute Gasteiger partial charge is 0.241 e. The van der Waals surface area contributed by atoms with Crippen LogP contribution in [0.3, 0.4) is 0 Å². The average molecular weight is 499 g/mol. The molecule has 0 spiro atoms. The number of rotatable bonds is 9. The zero-order valence-electron chi connectivity index (χ0n) is 21.7. The Balaban J connectivity index is 1.14. The number of thioether (sulfide) groups is 1. The molecular formula is C28H42N4O2S. The van der Waals surface area contributed by atoms with Gasteiger partial charge in [-0.15, -0.1) is 0 Å². The van der Waals surface area contributed by atoms with Crippen LogP contribution in [0.25, 0.3) is 11.4 Å². The lowest BCUT2D eigenvalue weighted by Gasteiger charge is -2.30. The Hall–Kier alpha value is -1.86. The summed E-state index contributed by atoms with van der Waals surface area (Å²) in [6.07, 6.45) is 9.81. The van der Waals surface area contributed by atoms with Crippen LogP contribution in [-0.4, -0.2) is 51.6 Å². The van der Waals surface area contributed by atoms with E-state index in [1.54, 1.807) is 0 Å². The molecule has 1 saturated heterocycles. The fraction of sp³-hybridized carbons (Fsp3) is 0.679. The van der Waals surface area contributed by atoms with Crippen LogP contribution < -0.4 is 5.32 Å². The second kappa shape index (κ2) is 12.4. The zero-order valence-corrected chi connectivity index (χ0v) is 22.5. The SMILES string of the molecule is CC(C)(C)c1ccc(-c2noc(CN3CCC(C(=O)NCCCSC4CCCCC4)CC3)n2)cc1. The van der Waals surface area contributed by atoms with E-state index in [4.69, 9.17) is 4.52 Å². The number of likely N-dealkylation sites (tertiary alicyclic amines) is 1. The molecule has 1 saturated carbocycles. The van der Waals surface area contributed by atoms with E-state index in [0.717, 1.165) is 55.5 Å².